The molecule has 28 heavy (non-hydrogen) atoms. The molecular formula is C19H25FN4O4. The molecule has 9 heteroatoms. The molecule has 2 heterocycles. The summed E-state index contributed by atoms with van der Waals surface area (Å²) in [6, 6.07) is -0.0242. The number of nitrogens with one attached hydrogen (secondary N) is 1. The maximum Gasteiger partial charge on any atom is 0.329 e. The van der Waals surface area contributed by atoms with Crippen molar-refractivity contribution in [2.45, 2.75) is 38.3 Å². The Bertz CT molecular complexity index is 1040. The van der Waals surface area contributed by atoms with E-state index in [2.05, 4.69) is 4.98 Å². The second kappa shape index (κ2) is 6.89. The van der Waals surface area contributed by atoms with E-state index in [4.69, 9.17) is 10.5 Å². The van der Waals surface area contributed by atoms with Gasteiger partial charge in [-0.1, -0.05) is 0 Å². The molecule has 1 saturated carbocycles. The van der Waals surface area contributed by atoms with Crippen molar-refractivity contribution in [1.82, 2.24) is 9.55 Å². The maximum absolute atomic E-state index is 15.4. The monoisotopic (exact) mass is 392 g/mol. The van der Waals surface area contributed by atoms with Crippen molar-refractivity contribution in [1.29, 1.82) is 0 Å². The molecule has 4 N–H and O–H groups in total. The Morgan fingerprint density at radius 2 is 2.07 bits per heavy atom. The normalized spacial score (nSPS) is 20.8. The highest BCUT2D eigenvalue weighted by atomic mass is 19.1. The Kier molecular flexibility index (Phi) is 4.67. The van der Waals surface area contributed by atoms with Gasteiger partial charge in [0.05, 0.1) is 18.6 Å². The molecule has 4 rings (SSSR count). The van der Waals surface area contributed by atoms with Gasteiger partial charge >= 0.3 is 5.69 Å². The van der Waals surface area contributed by atoms with E-state index in [1.54, 1.807) is 6.92 Å². The zero-order valence-electron chi connectivity index (χ0n) is 16.0. The van der Waals surface area contributed by atoms with Gasteiger partial charge in [-0.05, 0) is 26.2 Å². The molecule has 2 fully saturated rings. The molecule has 2 unspecified atom stereocenters. The van der Waals surface area contributed by atoms with Gasteiger partial charge in [-0.15, -0.1) is 0 Å². The lowest BCUT2D eigenvalue weighted by Gasteiger charge is -2.26. The van der Waals surface area contributed by atoms with Gasteiger partial charge < -0.3 is 20.5 Å². The van der Waals surface area contributed by atoms with Crippen LogP contribution in [0.5, 0.6) is 5.75 Å². The topological polar surface area (TPSA) is 114 Å². The Morgan fingerprint density at radius 3 is 2.68 bits per heavy atom. The van der Waals surface area contributed by atoms with Crippen LogP contribution in [0.1, 0.15) is 30.9 Å². The number of aliphatic hydroxyl groups is 1. The number of anilines is 1. The van der Waals surface area contributed by atoms with Crippen molar-refractivity contribution in [3.05, 3.63) is 32.2 Å². The van der Waals surface area contributed by atoms with Crippen LogP contribution in [0, 0.1) is 18.7 Å². The fraction of sp³-hybridized carbons (Fsp3) is 0.579. The average molecular weight is 392 g/mol. The highest BCUT2D eigenvalue weighted by Crippen LogP contribution is 2.44. The summed E-state index contributed by atoms with van der Waals surface area (Å²) >= 11 is 0. The van der Waals surface area contributed by atoms with Crippen LogP contribution in [-0.4, -0.2) is 47.5 Å². The number of hydrogen-bond donors (Lipinski definition) is 3. The van der Waals surface area contributed by atoms with E-state index in [-0.39, 0.29) is 40.9 Å². The molecule has 8 nitrogen and oxygen atoms in total. The smallest absolute Gasteiger partial charge is 0.329 e. The van der Waals surface area contributed by atoms with E-state index >= 15 is 4.39 Å². The SMILES string of the molecule is COc1c(N2CCC(C(O)CN)C2)c(F)c(C)c2c(=O)[nH]c(=O)n(C3CC3)c12. The fourth-order valence-electron chi connectivity index (χ4n) is 4.27. The van der Waals surface area contributed by atoms with E-state index in [1.165, 1.54) is 11.7 Å². The van der Waals surface area contributed by atoms with Gasteiger partial charge in [0.2, 0.25) is 0 Å². The number of halogens is 1. The summed E-state index contributed by atoms with van der Waals surface area (Å²) < 4.78 is 22.5. The first-order valence-corrected chi connectivity index (χ1v) is 9.56. The number of benzene rings is 1. The lowest BCUT2D eigenvalue weighted by atomic mass is 10.0. The number of fused-ring (bicyclic) bond motifs is 1. The van der Waals surface area contributed by atoms with Crippen LogP contribution in [-0.2, 0) is 0 Å². The van der Waals surface area contributed by atoms with Gasteiger partial charge in [0.15, 0.2) is 11.6 Å². The molecule has 1 aromatic heterocycles. The molecule has 2 atom stereocenters. The average Bonchev–Trinajstić information content (AvgIpc) is 3.38. The van der Waals surface area contributed by atoms with Gasteiger partial charge in [-0.3, -0.25) is 14.3 Å². The predicted molar refractivity (Wildman–Crippen MR) is 104 cm³/mol. The first-order chi connectivity index (χ1) is 13.4. The third kappa shape index (κ3) is 2.80. The number of aromatic nitrogens is 2. The molecule has 1 aromatic carbocycles. The van der Waals surface area contributed by atoms with Crippen molar-refractivity contribution in [3.8, 4) is 5.75 Å². The Hall–Kier alpha value is -2.39. The Labute approximate surface area is 160 Å². The largest absolute Gasteiger partial charge is 0.492 e. The summed E-state index contributed by atoms with van der Waals surface area (Å²) in [5.74, 6) is -0.426. The predicted octanol–water partition coefficient (Wildman–Crippen LogP) is 0.627. The molecule has 1 aliphatic carbocycles. The quantitative estimate of drug-likeness (QED) is 0.688. The van der Waals surface area contributed by atoms with Crippen LogP contribution in [0.3, 0.4) is 0 Å². The molecular weight excluding hydrogens is 367 g/mol. The Morgan fingerprint density at radius 1 is 1.36 bits per heavy atom. The minimum atomic E-state index is -0.659. The molecule has 0 radical (unpaired) electrons. The molecule has 152 valence electrons. The second-order valence-electron chi connectivity index (χ2n) is 7.70. The second-order valence-corrected chi connectivity index (χ2v) is 7.70. The van der Waals surface area contributed by atoms with Crippen molar-refractivity contribution in [2.75, 3.05) is 31.6 Å². The zero-order chi connectivity index (χ0) is 20.2. The van der Waals surface area contributed by atoms with E-state index < -0.39 is 23.2 Å². The Balaban J connectivity index is 1.98. The third-order valence-corrected chi connectivity index (χ3v) is 5.93. The van der Waals surface area contributed by atoms with Crippen LogP contribution in [0.25, 0.3) is 10.9 Å². The number of aryl methyl sites for hydroxylation is 1. The number of aliphatic hydroxyl groups excluding tert-OH is 1. The van der Waals surface area contributed by atoms with Crippen LogP contribution in [0.4, 0.5) is 10.1 Å². The summed E-state index contributed by atoms with van der Waals surface area (Å²) in [4.78, 5) is 29.1. The molecule has 0 amide bonds. The van der Waals surface area contributed by atoms with Crippen LogP contribution >= 0.6 is 0 Å². The number of methoxy groups -OCH3 is 1. The van der Waals surface area contributed by atoms with Crippen LogP contribution in [0.2, 0.25) is 0 Å². The number of H-pyrrole nitrogens is 1. The number of ether oxygens (including phenoxy) is 1. The van der Waals surface area contributed by atoms with Gasteiger partial charge in [0.1, 0.15) is 11.2 Å². The molecule has 1 saturated heterocycles. The van der Waals surface area contributed by atoms with Crippen LogP contribution in [0.15, 0.2) is 9.59 Å². The van der Waals surface area contributed by atoms with Crippen molar-refractivity contribution in [2.24, 2.45) is 11.7 Å². The maximum atomic E-state index is 15.4. The number of aromatic amines is 1. The first kappa shape index (κ1) is 18.9. The lowest BCUT2D eigenvalue weighted by Crippen LogP contribution is -2.33. The summed E-state index contributed by atoms with van der Waals surface area (Å²) in [5.41, 5.74) is 5.21. The highest BCUT2D eigenvalue weighted by Gasteiger charge is 2.35. The van der Waals surface area contributed by atoms with Gasteiger partial charge in [0.25, 0.3) is 5.56 Å². The standard InChI is InChI=1S/C19H25FN4O4/c1-9-13-15(24(11-3-4-11)19(27)22-18(13)26)17(28-2)16(14(9)20)23-6-5-10(8-23)12(25)7-21/h10-12,25H,3-8,21H2,1-2H3,(H,22,26,27). The van der Waals surface area contributed by atoms with Crippen molar-refractivity contribution < 1.29 is 14.2 Å². The van der Waals surface area contributed by atoms with Crippen molar-refractivity contribution in [3.63, 3.8) is 0 Å². The molecule has 0 spiro atoms. The number of hydrogen-bond acceptors (Lipinski definition) is 6. The minimum Gasteiger partial charge on any atom is -0.492 e. The van der Waals surface area contributed by atoms with E-state index in [9.17, 15) is 14.7 Å². The molecule has 1 aliphatic heterocycles. The van der Waals surface area contributed by atoms with Gasteiger partial charge in [-0.2, -0.15) is 0 Å². The first-order valence-electron chi connectivity index (χ1n) is 9.56. The highest BCUT2D eigenvalue weighted by molar-refractivity contribution is 5.93. The molecule has 0 bridgehead atoms. The number of rotatable bonds is 5. The van der Waals surface area contributed by atoms with Crippen molar-refractivity contribution >= 4 is 16.6 Å². The zero-order valence-corrected chi connectivity index (χ0v) is 16.0. The number of nitrogens with two attached hydrogens (primary N) is 1. The van der Waals surface area contributed by atoms with Gasteiger partial charge in [0, 0.05) is 37.2 Å². The third-order valence-electron chi connectivity index (χ3n) is 5.93. The minimum absolute atomic E-state index is 0.0242. The number of nitrogens with zero attached hydrogens (tertiary/aromatic N) is 2. The van der Waals surface area contributed by atoms with Gasteiger partial charge in [-0.25, -0.2) is 9.18 Å². The fourth-order valence-corrected chi connectivity index (χ4v) is 4.27. The summed E-state index contributed by atoms with van der Waals surface area (Å²) in [7, 11) is 1.41. The lowest BCUT2D eigenvalue weighted by molar-refractivity contribution is 0.126. The summed E-state index contributed by atoms with van der Waals surface area (Å²) in [5, 5.41) is 10.2. The summed E-state index contributed by atoms with van der Waals surface area (Å²) in [6.07, 6.45) is 1.66. The molecule has 2 aromatic rings. The van der Waals surface area contributed by atoms with Crippen LogP contribution < -0.4 is 26.6 Å². The van der Waals surface area contributed by atoms with E-state index in [0.29, 0.717) is 25.0 Å². The molecule has 2 aliphatic rings. The summed E-state index contributed by atoms with van der Waals surface area (Å²) in [6.45, 7) is 2.63. The van der Waals surface area contributed by atoms with E-state index in [0.717, 1.165) is 12.8 Å². The van der Waals surface area contributed by atoms with E-state index in [1.807, 2.05) is 4.90 Å².